The lowest BCUT2D eigenvalue weighted by Crippen LogP contribution is -2.14. The highest BCUT2D eigenvalue weighted by atomic mass is 16.4. The molecule has 0 unspecified atom stereocenters. The van der Waals surface area contributed by atoms with Gasteiger partial charge in [0.25, 0.3) is 0 Å². The van der Waals surface area contributed by atoms with Gasteiger partial charge in [-0.05, 0) is 32.0 Å². The second kappa shape index (κ2) is 6.27. The number of aliphatic carboxylic acids is 1. The Hall–Kier alpha value is -3.36. The summed E-state index contributed by atoms with van der Waals surface area (Å²) in [4.78, 5) is 27.1. The second-order valence-electron chi connectivity index (χ2n) is 5.59. The fraction of sp³-hybridized carbons (Fsp3) is 0.250. The molecular formula is C16H18N6O3. The summed E-state index contributed by atoms with van der Waals surface area (Å²) in [7, 11) is 0. The van der Waals surface area contributed by atoms with Crippen molar-refractivity contribution in [3.8, 4) is 0 Å². The zero-order valence-electron chi connectivity index (χ0n) is 13.9. The number of imidazole rings is 1. The zero-order valence-corrected chi connectivity index (χ0v) is 13.9. The lowest BCUT2D eigenvalue weighted by molar-refractivity contribution is -0.137. The monoisotopic (exact) mass is 342 g/mol. The fourth-order valence-corrected chi connectivity index (χ4v) is 2.67. The van der Waals surface area contributed by atoms with Crippen LogP contribution in [0.3, 0.4) is 0 Å². The standard InChI is InChI=1S/C16H18N6O3/c1-3-22-13(6-9(2)20-22)19-16-18-11-5-4-10(15(17)25)7-12(11)21(16)8-14(23)24/h4-7H,3,8H2,1-2H3,(H2,17,25)(H,18,19)(H,23,24). The number of aromatic nitrogens is 4. The van der Waals surface area contributed by atoms with E-state index < -0.39 is 11.9 Å². The van der Waals surface area contributed by atoms with E-state index in [0.717, 1.165) is 5.69 Å². The number of carbonyl (C=O) groups excluding carboxylic acids is 1. The van der Waals surface area contributed by atoms with Crippen LogP contribution in [-0.2, 0) is 17.9 Å². The molecule has 0 atom stereocenters. The molecule has 0 aliphatic rings. The van der Waals surface area contributed by atoms with Crippen molar-refractivity contribution in [2.45, 2.75) is 26.9 Å². The van der Waals surface area contributed by atoms with Gasteiger partial charge in [0.1, 0.15) is 12.4 Å². The van der Waals surface area contributed by atoms with Gasteiger partial charge in [-0.15, -0.1) is 0 Å². The molecule has 9 heteroatoms. The summed E-state index contributed by atoms with van der Waals surface area (Å²) in [6, 6.07) is 6.60. The molecule has 1 aromatic carbocycles. The van der Waals surface area contributed by atoms with E-state index in [0.29, 0.717) is 34.9 Å². The largest absolute Gasteiger partial charge is 0.480 e. The Labute approximate surface area is 143 Å². The number of hydrogen-bond donors (Lipinski definition) is 3. The number of anilines is 2. The predicted octanol–water partition coefficient (Wildman–Crippen LogP) is 1.49. The number of nitrogens with one attached hydrogen (secondary N) is 1. The molecule has 0 saturated carbocycles. The van der Waals surface area contributed by atoms with Crippen molar-refractivity contribution in [1.29, 1.82) is 0 Å². The van der Waals surface area contributed by atoms with E-state index in [-0.39, 0.29) is 6.54 Å². The fourth-order valence-electron chi connectivity index (χ4n) is 2.67. The van der Waals surface area contributed by atoms with Crippen LogP contribution in [0.2, 0.25) is 0 Å². The summed E-state index contributed by atoms with van der Waals surface area (Å²) >= 11 is 0. The smallest absolute Gasteiger partial charge is 0.323 e. The number of nitrogens with zero attached hydrogens (tertiary/aromatic N) is 4. The normalized spacial score (nSPS) is 11.0. The maximum atomic E-state index is 11.4. The molecule has 2 heterocycles. The Morgan fingerprint density at radius 3 is 2.72 bits per heavy atom. The molecule has 3 aromatic rings. The maximum absolute atomic E-state index is 11.4. The Bertz CT molecular complexity index is 972. The minimum absolute atomic E-state index is 0.292. The molecule has 3 rings (SSSR count). The van der Waals surface area contributed by atoms with Crippen molar-refractivity contribution < 1.29 is 14.7 Å². The third-order valence-corrected chi connectivity index (χ3v) is 3.77. The molecule has 130 valence electrons. The van der Waals surface area contributed by atoms with Gasteiger partial charge >= 0.3 is 5.97 Å². The van der Waals surface area contributed by atoms with E-state index in [1.54, 1.807) is 22.9 Å². The molecule has 0 saturated heterocycles. The van der Waals surface area contributed by atoms with Gasteiger partial charge in [-0.1, -0.05) is 0 Å². The minimum Gasteiger partial charge on any atom is -0.480 e. The minimum atomic E-state index is -1.02. The number of carbonyl (C=O) groups is 2. The number of carboxylic acids is 1. The summed E-state index contributed by atoms with van der Waals surface area (Å²) in [5, 5.41) is 16.7. The van der Waals surface area contributed by atoms with Crippen molar-refractivity contribution >= 4 is 34.7 Å². The van der Waals surface area contributed by atoms with Crippen LogP contribution in [0.5, 0.6) is 0 Å². The number of benzene rings is 1. The van der Waals surface area contributed by atoms with Crippen LogP contribution < -0.4 is 11.1 Å². The van der Waals surface area contributed by atoms with Crippen LogP contribution in [0.15, 0.2) is 24.3 Å². The number of fused-ring (bicyclic) bond motifs is 1. The Kier molecular flexibility index (Phi) is 4.14. The topological polar surface area (TPSA) is 128 Å². The lowest BCUT2D eigenvalue weighted by Gasteiger charge is -2.10. The Balaban J connectivity index is 2.12. The molecule has 0 bridgehead atoms. The van der Waals surface area contributed by atoms with Crippen molar-refractivity contribution in [3.63, 3.8) is 0 Å². The molecule has 1 amide bonds. The van der Waals surface area contributed by atoms with E-state index in [4.69, 9.17) is 5.73 Å². The molecule has 0 aliphatic carbocycles. The highest BCUT2D eigenvalue weighted by Crippen LogP contribution is 2.24. The Morgan fingerprint density at radius 1 is 1.32 bits per heavy atom. The van der Waals surface area contributed by atoms with Gasteiger partial charge in [0.2, 0.25) is 11.9 Å². The van der Waals surface area contributed by atoms with Crippen LogP contribution in [0.1, 0.15) is 23.0 Å². The molecular weight excluding hydrogens is 324 g/mol. The van der Waals surface area contributed by atoms with Crippen LogP contribution >= 0.6 is 0 Å². The van der Waals surface area contributed by atoms with Crippen molar-refractivity contribution in [1.82, 2.24) is 19.3 Å². The average molecular weight is 342 g/mol. The van der Waals surface area contributed by atoms with Crippen LogP contribution in [-0.4, -0.2) is 36.3 Å². The van der Waals surface area contributed by atoms with E-state index in [2.05, 4.69) is 15.4 Å². The molecule has 0 fully saturated rings. The van der Waals surface area contributed by atoms with Crippen molar-refractivity contribution in [2.75, 3.05) is 5.32 Å². The van der Waals surface area contributed by atoms with Gasteiger partial charge in [-0.2, -0.15) is 5.10 Å². The summed E-state index contributed by atoms with van der Waals surface area (Å²) in [6.45, 7) is 4.18. The van der Waals surface area contributed by atoms with E-state index in [9.17, 15) is 14.7 Å². The van der Waals surface area contributed by atoms with Gasteiger partial charge < -0.3 is 16.2 Å². The van der Waals surface area contributed by atoms with Crippen LogP contribution in [0, 0.1) is 6.92 Å². The number of amides is 1. The summed E-state index contributed by atoms with van der Waals surface area (Å²) in [5.74, 6) is -0.545. The zero-order chi connectivity index (χ0) is 18.1. The number of rotatable bonds is 6. The number of primary amides is 1. The average Bonchev–Trinajstić information content (AvgIpc) is 3.07. The molecule has 0 spiro atoms. The van der Waals surface area contributed by atoms with Crippen LogP contribution in [0.4, 0.5) is 11.8 Å². The molecule has 0 aliphatic heterocycles. The first-order valence-corrected chi connectivity index (χ1v) is 7.72. The molecule has 0 radical (unpaired) electrons. The van der Waals surface area contributed by atoms with Crippen molar-refractivity contribution in [2.24, 2.45) is 5.73 Å². The molecule has 9 nitrogen and oxygen atoms in total. The quantitative estimate of drug-likeness (QED) is 0.622. The van der Waals surface area contributed by atoms with Gasteiger partial charge in [-0.3, -0.25) is 14.2 Å². The molecule has 25 heavy (non-hydrogen) atoms. The van der Waals surface area contributed by atoms with E-state index in [1.807, 2.05) is 19.9 Å². The first-order valence-electron chi connectivity index (χ1n) is 7.72. The van der Waals surface area contributed by atoms with Gasteiger partial charge in [0.05, 0.1) is 16.7 Å². The van der Waals surface area contributed by atoms with Crippen molar-refractivity contribution in [3.05, 3.63) is 35.5 Å². The number of aryl methyl sites for hydroxylation is 2. The summed E-state index contributed by atoms with van der Waals surface area (Å²) < 4.78 is 3.25. The second-order valence-corrected chi connectivity index (χ2v) is 5.59. The van der Waals surface area contributed by atoms with Gasteiger partial charge in [-0.25, -0.2) is 9.67 Å². The highest BCUT2D eigenvalue weighted by molar-refractivity contribution is 5.97. The molecule has 2 aromatic heterocycles. The van der Waals surface area contributed by atoms with Gasteiger partial charge in [0, 0.05) is 18.2 Å². The third kappa shape index (κ3) is 3.16. The molecule has 4 N–H and O–H groups in total. The van der Waals surface area contributed by atoms with E-state index in [1.165, 1.54) is 4.57 Å². The first-order chi connectivity index (χ1) is 11.9. The van der Waals surface area contributed by atoms with E-state index >= 15 is 0 Å². The number of hydrogen-bond acceptors (Lipinski definition) is 5. The van der Waals surface area contributed by atoms with Crippen LogP contribution in [0.25, 0.3) is 11.0 Å². The first kappa shape index (κ1) is 16.5. The Morgan fingerprint density at radius 2 is 2.08 bits per heavy atom. The summed E-state index contributed by atoms with van der Waals surface area (Å²) in [5.41, 5.74) is 7.52. The highest BCUT2D eigenvalue weighted by Gasteiger charge is 2.16. The summed E-state index contributed by atoms with van der Waals surface area (Å²) in [6.07, 6.45) is 0. The number of carboxylic acid groups (broad SMARTS) is 1. The third-order valence-electron chi connectivity index (χ3n) is 3.77. The van der Waals surface area contributed by atoms with Gasteiger partial charge in [0.15, 0.2) is 0 Å². The SMILES string of the molecule is CCn1nc(C)cc1Nc1nc2ccc(C(N)=O)cc2n1CC(=O)O. The predicted molar refractivity (Wildman–Crippen MR) is 91.8 cm³/mol. The lowest BCUT2D eigenvalue weighted by atomic mass is 10.2. The maximum Gasteiger partial charge on any atom is 0.323 e. The number of nitrogens with two attached hydrogens (primary N) is 1.